The maximum Gasteiger partial charge on any atom is 0.220 e. The third-order valence-electron chi connectivity index (χ3n) is 3.41. The molecule has 0 saturated heterocycles. The van der Waals surface area contributed by atoms with Crippen molar-refractivity contribution in [1.29, 1.82) is 0 Å². The van der Waals surface area contributed by atoms with Crippen molar-refractivity contribution in [2.24, 2.45) is 5.73 Å². The molecule has 0 heterocycles. The Balaban J connectivity index is 2.15. The van der Waals surface area contributed by atoms with Crippen molar-refractivity contribution in [3.8, 4) is 0 Å². The number of benzene rings is 1. The number of hydrogen-bond acceptors (Lipinski definition) is 3. The summed E-state index contributed by atoms with van der Waals surface area (Å²) in [4.78, 5) is 23.6. The first-order chi connectivity index (χ1) is 10.1. The largest absolute Gasteiger partial charge is 0.356 e. The number of hydrogen-bond donors (Lipinski definition) is 2. The Morgan fingerprint density at radius 3 is 2.33 bits per heavy atom. The number of carbonyl (C=O) groups is 2. The Labute approximate surface area is 127 Å². The highest BCUT2D eigenvalue weighted by Crippen LogP contribution is 2.07. The lowest BCUT2D eigenvalue weighted by Crippen LogP contribution is -2.24. The summed E-state index contributed by atoms with van der Waals surface area (Å²) in [6.45, 7) is 3.39. The topological polar surface area (TPSA) is 72.2 Å². The number of amides is 1. The van der Waals surface area contributed by atoms with Crippen molar-refractivity contribution < 1.29 is 9.59 Å². The molecule has 0 aliphatic rings. The quantitative estimate of drug-likeness (QED) is 0.514. The van der Waals surface area contributed by atoms with Crippen molar-refractivity contribution in [2.75, 3.05) is 13.1 Å². The number of Topliss-reactive ketones (excluding diaryl/α,β-unsaturated/α-hetero) is 1. The van der Waals surface area contributed by atoms with Crippen molar-refractivity contribution in [1.82, 2.24) is 5.32 Å². The Bertz CT molecular complexity index is 441. The monoisotopic (exact) mass is 290 g/mol. The number of carbonyl (C=O) groups excluding carboxylic acids is 2. The van der Waals surface area contributed by atoms with Crippen LogP contribution in [0.1, 0.15) is 54.4 Å². The van der Waals surface area contributed by atoms with Crippen molar-refractivity contribution in [2.45, 2.75) is 45.4 Å². The molecule has 116 valence electrons. The molecule has 1 rings (SSSR count). The number of unbranched alkanes of at least 4 members (excludes halogenated alkanes) is 3. The first-order valence-corrected chi connectivity index (χ1v) is 7.70. The summed E-state index contributed by atoms with van der Waals surface area (Å²) in [5.41, 5.74) is 7.21. The molecule has 0 bridgehead atoms. The van der Waals surface area contributed by atoms with E-state index in [1.807, 2.05) is 31.2 Å². The number of nitrogens with one attached hydrogen (secondary N) is 1. The second-order valence-electron chi connectivity index (χ2n) is 5.34. The predicted octanol–water partition coefficient (Wildman–Crippen LogP) is 2.59. The lowest BCUT2D eigenvalue weighted by molar-refractivity contribution is -0.121. The van der Waals surface area contributed by atoms with Crippen LogP contribution in [0.5, 0.6) is 0 Å². The summed E-state index contributed by atoms with van der Waals surface area (Å²) >= 11 is 0. The second-order valence-corrected chi connectivity index (χ2v) is 5.34. The average Bonchev–Trinajstić information content (AvgIpc) is 2.49. The van der Waals surface area contributed by atoms with E-state index >= 15 is 0 Å². The van der Waals surface area contributed by atoms with Gasteiger partial charge in [0.2, 0.25) is 5.91 Å². The van der Waals surface area contributed by atoms with Crippen LogP contribution in [0.3, 0.4) is 0 Å². The van der Waals surface area contributed by atoms with E-state index in [9.17, 15) is 9.59 Å². The summed E-state index contributed by atoms with van der Waals surface area (Å²) in [5, 5.41) is 2.85. The average molecular weight is 290 g/mol. The minimum absolute atomic E-state index is 0.0214. The standard InChI is InChI=1S/C17H26N2O2/c1-14-6-8-15(9-7-14)16(20)10-11-17(21)19-13-5-3-2-4-12-18/h6-9H,2-5,10-13,18H2,1H3,(H,19,21). The first kappa shape index (κ1) is 17.4. The molecule has 0 atom stereocenters. The zero-order chi connectivity index (χ0) is 15.5. The van der Waals surface area contributed by atoms with Crippen molar-refractivity contribution in [3.63, 3.8) is 0 Å². The third-order valence-corrected chi connectivity index (χ3v) is 3.41. The van der Waals surface area contributed by atoms with Gasteiger partial charge in [0.15, 0.2) is 5.78 Å². The highest BCUT2D eigenvalue weighted by molar-refractivity contribution is 5.97. The van der Waals surface area contributed by atoms with E-state index in [1.54, 1.807) is 0 Å². The van der Waals surface area contributed by atoms with Gasteiger partial charge in [0.1, 0.15) is 0 Å². The van der Waals surface area contributed by atoms with Gasteiger partial charge in [-0.25, -0.2) is 0 Å². The lowest BCUT2D eigenvalue weighted by Gasteiger charge is -2.05. The van der Waals surface area contributed by atoms with Crippen LogP contribution in [0.25, 0.3) is 0 Å². The van der Waals surface area contributed by atoms with E-state index in [2.05, 4.69) is 5.32 Å². The van der Waals surface area contributed by atoms with Gasteiger partial charge >= 0.3 is 0 Å². The third kappa shape index (κ3) is 7.61. The summed E-state index contributed by atoms with van der Waals surface area (Å²) in [5.74, 6) is -0.0256. The van der Waals surface area contributed by atoms with E-state index in [-0.39, 0.29) is 24.5 Å². The minimum atomic E-state index is -0.0470. The second kappa shape index (κ2) is 10.1. The molecule has 3 N–H and O–H groups in total. The molecule has 0 spiro atoms. The highest BCUT2D eigenvalue weighted by Gasteiger charge is 2.08. The van der Waals surface area contributed by atoms with Gasteiger partial charge < -0.3 is 11.1 Å². The molecule has 0 unspecified atom stereocenters. The van der Waals surface area contributed by atoms with Crippen LogP contribution in [0, 0.1) is 6.92 Å². The minimum Gasteiger partial charge on any atom is -0.356 e. The molecule has 0 radical (unpaired) electrons. The Hall–Kier alpha value is -1.68. The van der Waals surface area contributed by atoms with E-state index < -0.39 is 0 Å². The van der Waals surface area contributed by atoms with E-state index in [1.165, 1.54) is 0 Å². The Morgan fingerprint density at radius 2 is 1.67 bits per heavy atom. The lowest BCUT2D eigenvalue weighted by atomic mass is 10.0. The molecule has 4 heteroatoms. The Morgan fingerprint density at radius 1 is 1.00 bits per heavy atom. The molecule has 1 aromatic rings. The fraction of sp³-hybridized carbons (Fsp3) is 0.529. The van der Waals surface area contributed by atoms with Crippen LogP contribution in [0.15, 0.2) is 24.3 Å². The van der Waals surface area contributed by atoms with Gasteiger partial charge in [-0.3, -0.25) is 9.59 Å². The zero-order valence-electron chi connectivity index (χ0n) is 12.9. The van der Waals surface area contributed by atoms with Crippen LogP contribution in [-0.2, 0) is 4.79 Å². The normalized spacial score (nSPS) is 10.4. The molecule has 4 nitrogen and oxygen atoms in total. The fourth-order valence-electron chi connectivity index (χ4n) is 2.05. The SMILES string of the molecule is Cc1ccc(C(=O)CCC(=O)NCCCCCCN)cc1. The molecule has 1 amide bonds. The molecule has 0 aliphatic heterocycles. The van der Waals surface area contributed by atoms with Crippen LogP contribution in [0.2, 0.25) is 0 Å². The zero-order valence-corrected chi connectivity index (χ0v) is 12.9. The van der Waals surface area contributed by atoms with Gasteiger partial charge in [-0.2, -0.15) is 0 Å². The molecule has 1 aromatic carbocycles. The highest BCUT2D eigenvalue weighted by atomic mass is 16.2. The van der Waals surface area contributed by atoms with Crippen molar-refractivity contribution >= 4 is 11.7 Å². The fourth-order valence-corrected chi connectivity index (χ4v) is 2.05. The summed E-state index contributed by atoms with van der Waals surface area (Å²) in [6, 6.07) is 7.45. The van der Waals surface area contributed by atoms with Crippen molar-refractivity contribution in [3.05, 3.63) is 35.4 Å². The van der Waals surface area contributed by atoms with Gasteiger partial charge in [0, 0.05) is 24.9 Å². The predicted molar refractivity (Wildman–Crippen MR) is 85.3 cm³/mol. The molecule has 0 aliphatic carbocycles. The van der Waals surface area contributed by atoms with E-state index in [4.69, 9.17) is 5.73 Å². The van der Waals surface area contributed by atoms with Gasteiger partial charge in [0.05, 0.1) is 0 Å². The summed E-state index contributed by atoms with van der Waals surface area (Å²) < 4.78 is 0. The number of ketones is 1. The smallest absolute Gasteiger partial charge is 0.220 e. The van der Waals surface area contributed by atoms with Crippen LogP contribution < -0.4 is 11.1 Å². The van der Waals surface area contributed by atoms with Gasteiger partial charge in [-0.1, -0.05) is 42.7 Å². The molecular formula is C17H26N2O2. The van der Waals surface area contributed by atoms with Crippen LogP contribution in [0.4, 0.5) is 0 Å². The molecule has 0 fully saturated rings. The molecular weight excluding hydrogens is 264 g/mol. The maximum atomic E-state index is 11.9. The van der Waals surface area contributed by atoms with Gasteiger partial charge in [0.25, 0.3) is 0 Å². The molecule has 0 aromatic heterocycles. The maximum absolute atomic E-state index is 11.9. The molecule has 21 heavy (non-hydrogen) atoms. The van der Waals surface area contributed by atoms with E-state index in [0.29, 0.717) is 12.1 Å². The Kier molecular flexibility index (Phi) is 8.36. The van der Waals surface area contributed by atoms with Crippen LogP contribution in [-0.4, -0.2) is 24.8 Å². The number of rotatable bonds is 10. The summed E-state index contributed by atoms with van der Waals surface area (Å²) in [7, 11) is 0. The number of aryl methyl sites for hydroxylation is 1. The van der Waals surface area contributed by atoms with Crippen LogP contribution >= 0.6 is 0 Å². The van der Waals surface area contributed by atoms with Gasteiger partial charge in [-0.05, 0) is 26.3 Å². The van der Waals surface area contributed by atoms with E-state index in [0.717, 1.165) is 37.8 Å². The molecule has 0 saturated carbocycles. The van der Waals surface area contributed by atoms with Gasteiger partial charge in [-0.15, -0.1) is 0 Å². The number of nitrogens with two attached hydrogens (primary N) is 1. The summed E-state index contributed by atoms with van der Waals surface area (Å²) in [6.07, 6.45) is 4.73. The first-order valence-electron chi connectivity index (χ1n) is 7.70.